The van der Waals surface area contributed by atoms with E-state index in [1.54, 1.807) is 19.1 Å². The van der Waals surface area contributed by atoms with Crippen LogP contribution in [0.1, 0.15) is 54.2 Å². The maximum atomic E-state index is 12.4. The van der Waals surface area contributed by atoms with Crippen LogP contribution in [0.3, 0.4) is 0 Å². The number of hydrogen-bond acceptors (Lipinski definition) is 4. The molecule has 1 aliphatic carbocycles. The second kappa shape index (κ2) is 5.95. The average molecular weight is 360 g/mol. The van der Waals surface area contributed by atoms with Crippen molar-refractivity contribution in [2.24, 2.45) is 0 Å². The zero-order chi connectivity index (χ0) is 17.8. The standard InChI is InChI=1S/C19H24N2O3S/c1-13(22)14-7-8-18-16(11-14)17-12-20(15-5-3-4-6-15)10-9-19(17)21(18)25(2,23)24/h7-8,11,15H,3-6,9-10,12H2,1-2H3. The molecule has 4 rings (SSSR count). The van der Waals surface area contributed by atoms with Gasteiger partial charge < -0.3 is 0 Å². The summed E-state index contributed by atoms with van der Waals surface area (Å²) in [6.45, 7) is 3.23. The summed E-state index contributed by atoms with van der Waals surface area (Å²) in [5.41, 5.74) is 3.32. The van der Waals surface area contributed by atoms with Gasteiger partial charge in [0.05, 0.1) is 11.8 Å². The van der Waals surface area contributed by atoms with E-state index in [0.29, 0.717) is 17.1 Å². The molecule has 0 radical (unpaired) electrons. The minimum Gasteiger partial charge on any atom is -0.296 e. The molecular formula is C19H24N2O3S. The third-order valence-corrected chi connectivity index (χ3v) is 6.79. The van der Waals surface area contributed by atoms with Crippen molar-refractivity contribution in [1.29, 1.82) is 0 Å². The Morgan fingerprint density at radius 2 is 1.92 bits per heavy atom. The van der Waals surface area contributed by atoms with Crippen molar-refractivity contribution in [3.63, 3.8) is 0 Å². The molecular weight excluding hydrogens is 336 g/mol. The number of Topliss-reactive ketones (excluding diaryl/α,β-unsaturated/α-hetero) is 1. The molecule has 0 bridgehead atoms. The lowest BCUT2D eigenvalue weighted by Gasteiger charge is -2.32. The second-order valence-corrected chi connectivity index (χ2v) is 9.23. The Hall–Kier alpha value is -1.66. The van der Waals surface area contributed by atoms with Gasteiger partial charge in [-0.15, -0.1) is 0 Å². The molecule has 134 valence electrons. The van der Waals surface area contributed by atoms with E-state index in [4.69, 9.17) is 0 Å². The van der Waals surface area contributed by atoms with Crippen molar-refractivity contribution in [3.05, 3.63) is 35.0 Å². The molecule has 0 N–H and O–H groups in total. The summed E-state index contributed by atoms with van der Waals surface area (Å²) in [5.74, 6) is 0.00575. The van der Waals surface area contributed by atoms with E-state index >= 15 is 0 Å². The summed E-state index contributed by atoms with van der Waals surface area (Å²) in [6, 6.07) is 5.99. The van der Waals surface area contributed by atoms with Crippen LogP contribution in [0.15, 0.2) is 18.2 Å². The highest BCUT2D eigenvalue weighted by Crippen LogP contribution is 2.35. The Labute approximate surface area is 148 Å². The van der Waals surface area contributed by atoms with E-state index in [-0.39, 0.29) is 5.78 Å². The molecule has 2 aliphatic rings. The minimum absolute atomic E-state index is 0.00575. The Bertz CT molecular complexity index is 953. The quantitative estimate of drug-likeness (QED) is 0.790. The lowest BCUT2D eigenvalue weighted by Crippen LogP contribution is -2.38. The summed E-state index contributed by atoms with van der Waals surface area (Å²) in [7, 11) is -3.38. The van der Waals surface area contributed by atoms with Gasteiger partial charge in [-0.25, -0.2) is 12.4 Å². The first-order chi connectivity index (χ1) is 11.9. The number of carbonyl (C=O) groups excluding carboxylic acids is 1. The Morgan fingerprint density at radius 1 is 1.20 bits per heavy atom. The van der Waals surface area contributed by atoms with Gasteiger partial charge in [-0.05, 0) is 43.5 Å². The topological polar surface area (TPSA) is 59.4 Å². The molecule has 2 heterocycles. The molecule has 0 amide bonds. The fourth-order valence-electron chi connectivity index (χ4n) is 4.52. The van der Waals surface area contributed by atoms with Crippen LogP contribution in [-0.2, 0) is 23.0 Å². The van der Waals surface area contributed by atoms with Crippen LogP contribution >= 0.6 is 0 Å². The average Bonchev–Trinajstić information content (AvgIpc) is 3.19. The number of hydrogen-bond donors (Lipinski definition) is 0. The van der Waals surface area contributed by atoms with E-state index in [9.17, 15) is 13.2 Å². The lowest BCUT2D eigenvalue weighted by molar-refractivity contribution is 0.101. The van der Waals surface area contributed by atoms with Gasteiger partial charge in [0.25, 0.3) is 0 Å². The van der Waals surface area contributed by atoms with Crippen molar-refractivity contribution in [3.8, 4) is 0 Å². The van der Waals surface area contributed by atoms with Gasteiger partial charge in [-0.3, -0.25) is 9.69 Å². The first-order valence-corrected chi connectivity index (χ1v) is 10.8. The number of ketones is 1. The first kappa shape index (κ1) is 16.8. The van der Waals surface area contributed by atoms with E-state index in [1.165, 1.54) is 35.9 Å². The van der Waals surface area contributed by atoms with Crippen LogP contribution in [0.25, 0.3) is 10.9 Å². The number of rotatable bonds is 3. The zero-order valence-electron chi connectivity index (χ0n) is 14.8. The molecule has 1 aliphatic heterocycles. The predicted molar refractivity (Wildman–Crippen MR) is 98.6 cm³/mol. The first-order valence-electron chi connectivity index (χ1n) is 8.98. The fourth-order valence-corrected chi connectivity index (χ4v) is 5.64. The van der Waals surface area contributed by atoms with Gasteiger partial charge in [0.1, 0.15) is 0 Å². The van der Waals surface area contributed by atoms with Crippen molar-refractivity contribution >= 4 is 26.7 Å². The molecule has 6 heteroatoms. The van der Waals surface area contributed by atoms with Gasteiger partial charge in [-0.2, -0.15) is 0 Å². The molecule has 0 atom stereocenters. The number of aromatic nitrogens is 1. The van der Waals surface area contributed by atoms with Crippen molar-refractivity contribution in [2.75, 3.05) is 12.8 Å². The maximum Gasteiger partial charge on any atom is 0.236 e. The molecule has 1 saturated carbocycles. The summed E-state index contributed by atoms with van der Waals surface area (Å²) in [6.07, 6.45) is 7.04. The van der Waals surface area contributed by atoms with E-state index in [1.807, 2.05) is 6.07 Å². The third kappa shape index (κ3) is 2.81. The monoisotopic (exact) mass is 360 g/mol. The second-order valence-electron chi connectivity index (χ2n) is 7.40. The molecule has 5 nitrogen and oxygen atoms in total. The van der Waals surface area contributed by atoms with Crippen LogP contribution in [-0.4, -0.2) is 41.9 Å². The predicted octanol–water partition coefficient (Wildman–Crippen LogP) is 2.95. The van der Waals surface area contributed by atoms with Gasteiger partial charge in [-0.1, -0.05) is 12.8 Å². The third-order valence-electron chi connectivity index (χ3n) is 5.71. The van der Waals surface area contributed by atoms with Crippen molar-refractivity contribution < 1.29 is 13.2 Å². The number of benzene rings is 1. The normalized spacial score (nSPS) is 19.4. The molecule has 1 aromatic heterocycles. The SMILES string of the molecule is CC(=O)c1ccc2c(c1)c1c(n2S(C)(=O)=O)CCN(C2CCCC2)C1. The molecule has 0 unspecified atom stereocenters. The molecule has 25 heavy (non-hydrogen) atoms. The Kier molecular flexibility index (Phi) is 4.00. The van der Waals surface area contributed by atoms with Crippen LogP contribution in [0.2, 0.25) is 0 Å². The highest BCUT2D eigenvalue weighted by atomic mass is 32.2. The van der Waals surface area contributed by atoms with Crippen LogP contribution in [0.4, 0.5) is 0 Å². The number of nitrogens with zero attached hydrogens (tertiary/aromatic N) is 2. The summed E-state index contributed by atoms with van der Waals surface area (Å²) < 4.78 is 26.3. The molecule has 0 spiro atoms. The van der Waals surface area contributed by atoms with Gasteiger partial charge in [0.15, 0.2) is 5.78 Å². The van der Waals surface area contributed by atoms with Crippen molar-refractivity contribution in [1.82, 2.24) is 8.87 Å². The fraction of sp³-hybridized carbons (Fsp3) is 0.526. The molecule has 1 fully saturated rings. The van der Waals surface area contributed by atoms with Gasteiger partial charge in [0, 0.05) is 42.2 Å². The molecule has 1 aromatic carbocycles. The maximum absolute atomic E-state index is 12.4. The van der Waals surface area contributed by atoms with Crippen molar-refractivity contribution in [2.45, 2.75) is 51.6 Å². The minimum atomic E-state index is -3.38. The number of carbonyl (C=O) groups is 1. The number of fused-ring (bicyclic) bond motifs is 3. The van der Waals surface area contributed by atoms with Gasteiger partial charge >= 0.3 is 0 Å². The lowest BCUT2D eigenvalue weighted by atomic mass is 10.0. The van der Waals surface area contributed by atoms with Gasteiger partial charge in [0.2, 0.25) is 10.0 Å². The zero-order valence-corrected chi connectivity index (χ0v) is 15.6. The Morgan fingerprint density at radius 3 is 2.56 bits per heavy atom. The summed E-state index contributed by atoms with van der Waals surface area (Å²) in [4.78, 5) is 14.3. The highest BCUT2D eigenvalue weighted by Gasteiger charge is 2.31. The highest BCUT2D eigenvalue weighted by molar-refractivity contribution is 7.89. The van der Waals surface area contributed by atoms with E-state index < -0.39 is 10.0 Å². The van der Waals surface area contributed by atoms with Crippen LogP contribution < -0.4 is 0 Å². The summed E-state index contributed by atoms with van der Waals surface area (Å²) in [5, 5.41) is 0.913. The van der Waals surface area contributed by atoms with E-state index in [0.717, 1.165) is 36.2 Å². The smallest absolute Gasteiger partial charge is 0.236 e. The largest absolute Gasteiger partial charge is 0.296 e. The molecule has 2 aromatic rings. The molecule has 0 saturated heterocycles. The summed E-state index contributed by atoms with van der Waals surface area (Å²) >= 11 is 0. The van der Waals surface area contributed by atoms with Crippen LogP contribution in [0.5, 0.6) is 0 Å². The van der Waals surface area contributed by atoms with Crippen LogP contribution in [0, 0.1) is 0 Å². The van der Waals surface area contributed by atoms with E-state index in [2.05, 4.69) is 4.90 Å². The Balaban J connectivity index is 1.89.